The van der Waals surface area contributed by atoms with E-state index in [1.165, 1.54) is 11.8 Å². The zero-order valence-corrected chi connectivity index (χ0v) is 15.4. The Morgan fingerprint density at radius 1 is 1.04 bits per heavy atom. The van der Waals surface area contributed by atoms with Crippen molar-refractivity contribution in [3.05, 3.63) is 84.4 Å². The Morgan fingerprint density at radius 3 is 2.70 bits per heavy atom. The lowest BCUT2D eigenvalue weighted by Crippen LogP contribution is -2.28. The van der Waals surface area contributed by atoms with Crippen LogP contribution in [0.25, 0.3) is 5.65 Å². The van der Waals surface area contributed by atoms with Gasteiger partial charge in [0.1, 0.15) is 5.03 Å². The van der Waals surface area contributed by atoms with Gasteiger partial charge >= 0.3 is 0 Å². The predicted molar refractivity (Wildman–Crippen MR) is 104 cm³/mol. The topological polar surface area (TPSA) is 72.2 Å². The molecule has 1 unspecified atom stereocenters. The molecule has 27 heavy (non-hydrogen) atoms. The molecule has 6 nitrogen and oxygen atoms in total. The molecular formula is C20H17N5OS. The molecule has 3 heterocycles. The Kier molecular flexibility index (Phi) is 4.84. The number of hydrogen-bond acceptors (Lipinski definition) is 5. The quantitative estimate of drug-likeness (QED) is 0.575. The van der Waals surface area contributed by atoms with E-state index in [4.69, 9.17) is 0 Å². The number of nitrogens with zero attached hydrogens (tertiary/aromatic N) is 4. The first-order valence-electron chi connectivity index (χ1n) is 8.51. The highest BCUT2D eigenvalue weighted by atomic mass is 32.2. The van der Waals surface area contributed by atoms with E-state index in [-0.39, 0.29) is 11.9 Å². The van der Waals surface area contributed by atoms with E-state index >= 15 is 0 Å². The second-order valence-corrected chi connectivity index (χ2v) is 7.02. The predicted octanol–water partition coefficient (Wildman–Crippen LogP) is 3.77. The summed E-state index contributed by atoms with van der Waals surface area (Å²) in [5, 5.41) is 12.0. The molecule has 0 aliphatic carbocycles. The number of aromatic nitrogens is 4. The van der Waals surface area contributed by atoms with E-state index in [0.717, 1.165) is 10.5 Å². The largest absolute Gasteiger partial charge is 0.342 e. The van der Waals surface area contributed by atoms with Gasteiger partial charge in [0.05, 0.1) is 11.6 Å². The summed E-state index contributed by atoms with van der Waals surface area (Å²) in [6.07, 6.45) is 3.57. The van der Waals surface area contributed by atoms with Gasteiger partial charge in [-0.3, -0.25) is 9.20 Å². The van der Waals surface area contributed by atoms with Gasteiger partial charge in [0.2, 0.25) is 0 Å². The van der Waals surface area contributed by atoms with Crippen molar-refractivity contribution >= 4 is 23.3 Å². The summed E-state index contributed by atoms with van der Waals surface area (Å²) in [6, 6.07) is 18.8. The fourth-order valence-corrected chi connectivity index (χ4v) is 3.64. The first-order valence-corrected chi connectivity index (χ1v) is 9.32. The van der Waals surface area contributed by atoms with Crippen molar-refractivity contribution in [2.75, 3.05) is 0 Å². The fraction of sp³-hybridized carbons (Fsp3) is 0.100. The van der Waals surface area contributed by atoms with Crippen LogP contribution in [0.3, 0.4) is 0 Å². The third-order valence-corrected chi connectivity index (χ3v) is 5.08. The molecule has 1 atom stereocenters. The van der Waals surface area contributed by atoms with Crippen LogP contribution in [0.4, 0.5) is 0 Å². The van der Waals surface area contributed by atoms with Crippen LogP contribution >= 0.6 is 11.8 Å². The summed E-state index contributed by atoms with van der Waals surface area (Å²) >= 11 is 1.46. The molecule has 4 rings (SSSR count). The molecule has 0 aliphatic heterocycles. The third-order valence-electron chi connectivity index (χ3n) is 4.05. The van der Waals surface area contributed by atoms with Crippen LogP contribution in [0.5, 0.6) is 0 Å². The minimum Gasteiger partial charge on any atom is -0.342 e. The number of pyridine rings is 2. The highest BCUT2D eigenvalue weighted by Crippen LogP contribution is 2.28. The van der Waals surface area contributed by atoms with Gasteiger partial charge < -0.3 is 5.32 Å². The number of hydrogen-bond donors (Lipinski definition) is 1. The standard InChI is InChI=1S/C20H17N5OS/c1-14(18-24-23-17-11-5-6-13-25(17)18)22-19(26)16-10-7-12-21-20(16)27-15-8-3-2-4-9-15/h2-14H,1H3,(H,22,26). The maximum absolute atomic E-state index is 12.9. The summed E-state index contributed by atoms with van der Waals surface area (Å²) in [5.41, 5.74) is 1.28. The second kappa shape index (κ2) is 7.59. The van der Waals surface area contributed by atoms with Crippen LogP contribution in [0, 0.1) is 0 Å². The molecule has 0 spiro atoms. The van der Waals surface area contributed by atoms with Crippen molar-refractivity contribution < 1.29 is 4.79 Å². The zero-order valence-electron chi connectivity index (χ0n) is 14.6. The van der Waals surface area contributed by atoms with Crippen LogP contribution in [-0.2, 0) is 0 Å². The number of amides is 1. The minimum absolute atomic E-state index is 0.193. The summed E-state index contributed by atoms with van der Waals surface area (Å²) < 4.78 is 1.87. The number of carbonyl (C=O) groups is 1. The van der Waals surface area contributed by atoms with Gasteiger partial charge in [-0.05, 0) is 43.3 Å². The Morgan fingerprint density at radius 2 is 1.85 bits per heavy atom. The smallest absolute Gasteiger partial charge is 0.254 e. The molecule has 1 aromatic carbocycles. The lowest BCUT2D eigenvalue weighted by atomic mass is 10.2. The van der Waals surface area contributed by atoms with Crippen molar-refractivity contribution in [1.82, 2.24) is 24.9 Å². The van der Waals surface area contributed by atoms with Crippen molar-refractivity contribution in [1.29, 1.82) is 0 Å². The number of carbonyl (C=O) groups excluding carboxylic acids is 1. The zero-order chi connectivity index (χ0) is 18.6. The van der Waals surface area contributed by atoms with E-state index in [1.54, 1.807) is 18.3 Å². The normalized spacial score (nSPS) is 12.0. The van der Waals surface area contributed by atoms with E-state index in [0.29, 0.717) is 16.4 Å². The molecule has 7 heteroatoms. The highest BCUT2D eigenvalue weighted by Gasteiger charge is 2.19. The summed E-state index contributed by atoms with van der Waals surface area (Å²) in [4.78, 5) is 18.3. The summed E-state index contributed by atoms with van der Waals surface area (Å²) in [6.45, 7) is 1.89. The molecule has 0 aliphatic rings. The first kappa shape index (κ1) is 17.2. The van der Waals surface area contributed by atoms with E-state index < -0.39 is 0 Å². The average Bonchev–Trinajstić information content (AvgIpc) is 3.13. The van der Waals surface area contributed by atoms with E-state index in [2.05, 4.69) is 20.5 Å². The van der Waals surface area contributed by atoms with E-state index in [1.807, 2.05) is 66.1 Å². The molecule has 1 amide bonds. The number of nitrogens with one attached hydrogen (secondary N) is 1. The molecule has 0 bridgehead atoms. The Hall–Kier alpha value is -3.19. The summed E-state index contributed by atoms with van der Waals surface area (Å²) in [5.74, 6) is 0.488. The molecule has 4 aromatic rings. The molecule has 1 N–H and O–H groups in total. The Balaban J connectivity index is 1.56. The molecule has 134 valence electrons. The van der Waals surface area contributed by atoms with Crippen molar-refractivity contribution in [2.24, 2.45) is 0 Å². The Labute approximate surface area is 160 Å². The van der Waals surface area contributed by atoms with E-state index in [9.17, 15) is 4.79 Å². The Bertz CT molecular complexity index is 1080. The monoisotopic (exact) mass is 375 g/mol. The molecule has 0 fully saturated rings. The van der Waals surface area contributed by atoms with Crippen LogP contribution in [0.15, 0.2) is 83.0 Å². The lowest BCUT2D eigenvalue weighted by Gasteiger charge is -2.14. The van der Waals surface area contributed by atoms with Gasteiger partial charge in [-0.15, -0.1) is 10.2 Å². The molecule has 0 radical (unpaired) electrons. The lowest BCUT2D eigenvalue weighted by molar-refractivity contribution is 0.0934. The van der Waals surface area contributed by atoms with Crippen LogP contribution in [0.1, 0.15) is 29.1 Å². The maximum Gasteiger partial charge on any atom is 0.254 e. The van der Waals surface area contributed by atoms with Gasteiger partial charge in [-0.1, -0.05) is 36.0 Å². The van der Waals surface area contributed by atoms with Gasteiger partial charge in [0, 0.05) is 17.3 Å². The van der Waals surface area contributed by atoms with Crippen molar-refractivity contribution in [3.8, 4) is 0 Å². The number of rotatable bonds is 5. The van der Waals surface area contributed by atoms with Crippen LogP contribution in [0.2, 0.25) is 0 Å². The molecule has 0 saturated heterocycles. The number of fused-ring (bicyclic) bond motifs is 1. The van der Waals surface area contributed by atoms with Gasteiger partial charge in [-0.2, -0.15) is 0 Å². The SMILES string of the molecule is CC(NC(=O)c1cccnc1Sc1ccccc1)c1nnc2ccccn12. The first-order chi connectivity index (χ1) is 13.2. The molecular weight excluding hydrogens is 358 g/mol. The minimum atomic E-state index is -0.301. The van der Waals surface area contributed by atoms with Crippen LogP contribution < -0.4 is 5.32 Å². The molecule has 3 aromatic heterocycles. The molecule has 0 saturated carbocycles. The van der Waals surface area contributed by atoms with Gasteiger partial charge in [-0.25, -0.2) is 4.98 Å². The van der Waals surface area contributed by atoms with Crippen LogP contribution in [-0.4, -0.2) is 25.5 Å². The number of benzene rings is 1. The van der Waals surface area contributed by atoms with Crippen molar-refractivity contribution in [2.45, 2.75) is 22.9 Å². The summed E-state index contributed by atoms with van der Waals surface area (Å²) in [7, 11) is 0. The highest BCUT2D eigenvalue weighted by molar-refractivity contribution is 7.99. The fourth-order valence-electron chi connectivity index (χ4n) is 2.74. The van der Waals surface area contributed by atoms with Crippen molar-refractivity contribution in [3.63, 3.8) is 0 Å². The average molecular weight is 375 g/mol. The van der Waals surface area contributed by atoms with Gasteiger partial charge in [0.25, 0.3) is 5.91 Å². The van der Waals surface area contributed by atoms with Gasteiger partial charge in [0.15, 0.2) is 11.5 Å². The maximum atomic E-state index is 12.9. The third kappa shape index (κ3) is 3.68. The second-order valence-electron chi connectivity index (χ2n) is 5.95.